The number of urea groups is 1. The number of para-hydroxylation sites is 1. The quantitative estimate of drug-likeness (QED) is 0.381. The Morgan fingerprint density at radius 2 is 1.84 bits per heavy atom. The van der Waals surface area contributed by atoms with Gasteiger partial charge in [-0.15, -0.1) is 0 Å². The molecule has 9 heteroatoms. The molecular weight excluding hydrogens is 472 g/mol. The summed E-state index contributed by atoms with van der Waals surface area (Å²) in [5.74, 6) is -0.422. The Balaban J connectivity index is 1.39. The summed E-state index contributed by atoms with van der Waals surface area (Å²) >= 11 is 0. The molecule has 3 aromatic rings. The number of amides is 3. The Morgan fingerprint density at radius 3 is 2.54 bits per heavy atom. The minimum atomic E-state index is -0.898. The van der Waals surface area contributed by atoms with Gasteiger partial charge >= 0.3 is 12.0 Å². The average molecular weight is 505 g/mol. The van der Waals surface area contributed by atoms with E-state index in [0.717, 1.165) is 29.7 Å². The van der Waals surface area contributed by atoms with E-state index in [1.807, 2.05) is 62.1 Å². The van der Waals surface area contributed by atoms with Gasteiger partial charge in [0.2, 0.25) is 5.91 Å². The first-order valence-electron chi connectivity index (χ1n) is 12.3. The van der Waals surface area contributed by atoms with Crippen LogP contribution < -0.4 is 10.6 Å². The normalized spacial score (nSPS) is 16.4. The molecule has 194 valence electrons. The first-order chi connectivity index (χ1) is 17.6. The fourth-order valence-corrected chi connectivity index (χ4v) is 4.75. The van der Waals surface area contributed by atoms with Crippen molar-refractivity contribution in [3.63, 3.8) is 0 Å². The minimum absolute atomic E-state index is 0.0272. The van der Waals surface area contributed by atoms with E-state index in [9.17, 15) is 14.4 Å². The topological polar surface area (TPSA) is 125 Å². The lowest BCUT2D eigenvalue weighted by Crippen LogP contribution is -2.44. The Hall–Kier alpha value is -4.14. The average Bonchev–Trinajstić information content (AvgIpc) is 3.44. The van der Waals surface area contributed by atoms with E-state index >= 15 is 0 Å². The monoisotopic (exact) mass is 504 g/mol. The predicted molar refractivity (Wildman–Crippen MR) is 139 cm³/mol. The summed E-state index contributed by atoms with van der Waals surface area (Å²) in [7, 11) is 0. The molecule has 0 spiro atoms. The third-order valence-corrected chi connectivity index (χ3v) is 6.73. The van der Waals surface area contributed by atoms with Gasteiger partial charge in [0.1, 0.15) is 11.5 Å². The number of rotatable bonds is 8. The third-order valence-electron chi connectivity index (χ3n) is 6.73. The second kappa shape index (κ2) is 10.9. The Labute approximate surface area is 215 Å². The van der Waals surface area contributed by atoms with Gasteiger partial charge in [0.05, 0.1) is 18.9 Å². The second-order valence-electron chi connectivity index (χ2n) is 10.0. The molecule has 0 aliphatic carbocycles. The molecule has 2 aromatic carbocycles. The Bertz CT molecular complexity index is 1280. The number of aromatic nitrogens is 1. The fraction of sp³-hybridized carbons (Fsp3) is 0.357. The van der Waals surface area contributed by atoms with E-state index in [2.05, 4.69) is 15.8 Å². The van der Waals surface area contributed by atoms with Crippen molar-refractivity contribution in [3.8, 4) is 0 Å². The number of benzene rings is 2. The van der Waals surface area contributed by atoms with Crippen LogP contribution in [0, 0.1) is 6.92 Å². The van der Waals surface area contributed by atoms with Crippen molar-refractivity contribution < 1.29 is 24.0 Å². The van der Waals surface area contributed by atoms with E-state index in [1.54, 1.807) is 18.2 Å². The van der Waals surface area contributed by atoms with E-state index in [0.29, 0.717) is 17.1 Å². The van der Waals surface area contributed by atoms with Gasteiger partial charge in [0.15, 0.2) is 0 Å². The van der Waals surface area contributed by atoms with Gasteiger partial charge in [0.25, 0.3) is 0 Å². The van der Waals surface area contributed by atoms with Crippen LogP contribution in [0.15, 0.2) is 59.1 Å². The highest BCUT2D eigenvalue weighted by Gasteiger charge is 2.44. The number of aliphatic carboxylic acids is 1. The smallest absolute Gasteiger partial charge is 0.323 e. The predicted octanol–water partition coefficient (Wildman–Crippen LogP) is 5.33. The number of carboxylic acid groups (broad SMARTS) is 1. The van der Waals surface area contributed by atoms with Crippen molar-refractivity contribution >= 4 is 29.3 Å². The fourth-order valence-electron chi connectivity index (χ4n) is 4.75. The third kappa shape index (κ3) is 6.35. The molecule has 1 unspecified atom stereocenters. The highest BCUT2D eigenvalue weighted by molar-refractivity contribution is 6.00. The number of hydrogen-bond donors (Lipinski definition) is 3. The number of nitrogens with one attached hydrogen (secondary N) is 2. The zero-order chi connectivity index (χ0) is 26.6. The van der Waals surface area contributed by atoms with Crippen LogP contribution in [0.5, 0.6) is 0 Å². The number of nitrogens with zero attached hydrogens (tertiary/aromatic N) is 2. The summed E-state index contributed by atoms with van der Waals surface area (Å²) in [6, 6.07) is 16.0. The molecule has 2 heterocycles. The number of hydrogen-bond acceptors (Lipinski definition) is 5. The van der Waals surface area contributed by atoms with Gasteiger partial charge in [-0.2, -0.15) is 0 Å². The van der Waals surface area contributed by atoms with Crippen LogP contribution in [0.25, 0.3) is 0 Å². The van der Waals surface area contributed by atoms with Crippen LogP contribution in [-0.2, 0) is 22.4 Å². The van der Waals surface area contributed by atoms with Gasteiger partial charge < -0.3 is 25.2 Å². The molecule has 3 amide bonds. The van der Waals surface area contributed by atoms with Crippen molar-refractivity contribution in [2.75, 3.05) is 10.6 Å². The zero-order valence-corrected chi connectivity index (χ0v) is 21.3. The van der Waals surface area contributed by atoms with E-state index in [-0.39, 0.29) is 42.8 Å². The van der Waals surface area contributed by atoms with Crippen molar-refractivity contribution in [3.05, 3.63) is 77.2 Å². The van der Waals surface area contributed by atoms with Crippen LogP contribution in [0.3, 0.4) is 0 Å². The first-order valence-corrected chi connectivity index (χ1v) is 12.3. The summed E-state index contributed by atoms with van der Waals surface area (Å²) in [6.07, 6.45) is 2.00. The molecule has 1 aliphatic rings. The SMILES string of the molecule is Cc1ccccc1NC(=O)Nc1ccc(CC(=O)N2C(c3cc(CCC(=O)O)on3)CCC2(C)C)cc1. The van der Waals surface area contributed by atoms with Gasteiger partial charge in [-0.25, -0.2) is 4.79 Å². The molecule has 0 saturated carbocycles. The van der Waals surface area contributed by atoms with Crippen molar-refractivity contribution in [1.29, 1.82) is 0 Å². The Kier molecular flexibility index (Phi) is 7.61. The van der Waals surface area contributed by atoms with Crippen LogP contribution in [-0.4, -0.2) is 38.6 Å². The summed E-state index contributed by atoms with van der Waals surface area (Å²) in [5, 5.41) is 18.7. The second-order valence-corrected chi connectivity index (χ2v) is 10.0. The van der Waals surface area contributed by atoms with Crippen LogP contribution >= 0.6 is 0 Å². The molecule has 1 fully saturated rings. The highest BCUT2D eigenvalue weighted by Crippen LogP contribution is 2.42. The maximum Gasteiger partial charge on any atom is 0.323 e. The number of aryl methyl sites for hydroxylation is 2. The zero-order valence-electron chi connectivity index (χ0n) is 21.3. The number of carbonyl (C=O) groups is 3. The summed E-state index contributed by atoms with van der Waals surface area (Å²) < 4.78 is 5.34. The molecule has 3 N–H and O–H groups in total. The van der Waals surface area contributed by atoms with Crippen molar-refractivity contribution in [1.82, 2.24) is 10.1 Å². The number of carboxylic acids is 1. The first kappa shape index (κ1) is 25.9. The number of carbonyl (C=O) groups excluding carboxylic acids is 2. The van der Waals surface area contributed by atoms with E-state index in [4.69, 9.17) is 9.63 Å². The number of likely N-dealkylation sites (tertiary alicyclic amines) is 1. The molecule has 9 nitrogen and oxygen atoms in total. The molecule has 1 aromatic heterocycles. The van der Waals surface area contributed by atoms with E-state index in [1.165, 1.54) is 0 Å². The molecule has 4 rings (SSSR count). The molecule has 0 radical (unpaired) electrons. The number of anilines is 2. The van der Waals surface area contributed by atoms with Crippen LogP contribution in [0.2, 0.25) is 0 Å². The molecule has 0 bridgehead atoms. The lowest BCUT2D eigenvalue weighted by atomic mass is 10.0. The molecule has 1 atom stereocenters. The van der Waals surface area contributed by atoms with Crippen molar-refractivity contribution in [2.24, 2.45) is 0 Å². The molecule has 37 heavy (non-hydrogen) atoms. The van der Waals surface area contributed by atoms with Crippen LogP contribution in [0.4, 0.5) is 16.2 Å². The van der Waals surface area contributed by atoms with Crippen molar-refractivity contribution in [2.45, 2.75) is 64.5 Å². The van der Waals surface area contributed by atoms with E-state index < -0.39 is 5.97 Å². The van der Waals surface area contributed by atoms with Crippen LogP contribution in [0.1, 0.15) is 61.7 Å². The highest BCUT2D eigenvalue weighted by atomic mass is 16.5. The molecule has 1 saturated heterocycles. The van der Waals surface area contributed by atoms with Gasteiger partial charge in [-0.3, -0.25) is 9.59 Å². The maximum atomic E-state index is 13.4. The van der Waals surface area contributed by atoms with Gasteiger partial charge in [-0.1, -0.05) is 35.5 Å². The maximum absolute atomic E-state index is 13.4. The minimum Gasteiger partial charge on any atom is -0.481 e. The van der Waals surface area contributed by atoms with Gasteiger partial charge in [0, 0.05) is 29.4 Å². The lowest BCUT2D eigenvalue weighted by Gasteiger charge is -2.35. The lowest BCUT2D eigenvalue weighted by molar-refractivity contribution is -0.137. The molecule has 1 aliphatic heterocycles. The summed E-state index contributed by atoms with van der Waals surface area (Å²) in [5.41, 5.74) is 3.47. The Morgan fingerprint density at radius 1 is 1.11 bits per heavy atom. The van der Waals surface area contributed by atoms with Gasteiger partial charge in [-0.05, 0) is 62.9 Å². The summed E-state index contributed by atoms with van der Waals surface area (Å²) in [6.45, 7) is 6.00. The summed E-state index contributed by atoms with van der Waals surface area (Å²) in [4.78, 5) is 38.5. The largest absolute Gasteiger partial charge is 0.481 e. The molecular formula is C28H32N4O5. The standard InChI is InChI=1S/C28H32N4O5/c1-18-6-4-5-7-22(18)30-27(36)29-20-10-8-19(9-11-20)16-25(33)32-24(14-15-28(32,2)3)23-17-21(37-31-23)12-13-26(34)35/h4-11,17,24H,12-16H2,1-3H3,(H,34,35)(H2,29,30,36).